The Morgan fingerprint density at radius 2 is 1.68 bits per heavy atom. The van der Waals surface area contributed by atoms with E-state index in [2.05, 4.69) is 34.9 Å². The van der Waals surface area contributed by atoms with Crippen LogP contribution in [0.2, 0.25) is 5.02 Å². The van der Waals surface area contributed by atoms with Crippen LogP contribution in [0.5, 0.6) is 5.75 Å². The molecule has 0 saturated carbocycles. The van der Waals surface area contributed by atoms with Gasteiger partial charge in [0.15, 0.2) is 10.3 Å². The van der Waals surface area contributed by atoms with E-state index >= 15 is 0 Å². The van der Waals surface area contributed by atoms with Crippen LogP contribution in [0.15, 0.2) is 30.3 Å². The molecule has 8 heteroatoms. The standard InChI is InChI=1S/C20H19ClN4OS2/c1-12-3-5-14-16(11-12)27-19(22-14)24-7-9-25(10-8-24)20-23-17-15(26-2)6-4-13(21)18(17)28-20/h3-6,11H,7-10H2,1-2H3. The third kappa shape index (κ3) is 3.07. The number of benzene rings is 2. The summed E-state index contributed by atoms with van der Waals surface area (Å²) in [5.74, 6) is 0.769. The number of aromatic nitrogens is 2. The molecule has 0 atom stereocenters. The third-order valence-electron chi connectivity index (χ3n) is 5.02. The molecule has 0 amide bonds. The Hall–Kier alpha value is -2.09. The second-order valence-electron chi connectivity index (χ2n) is 6.87. The van der Waals surface area contributed by atoms with Gasteiger partial charge in [0.2, 0.25) is 0 Å². The summed E-state index contributed by atoms with van der Waals surface area (Å²) in [6.07, 6.45) is 0. The predicted molar refractivity (Wildman–Crippen MR) is 120 cm³/mol. The Balaban J connectivity index is 1.36. The highest BCUT2D eigenvalue weighted by atomic mass is 35.5. The lowest BCUT2D eigenvalue weighted by Gasteiger charge is -2.34. The summed E-state index contributed by atoms with van der Waals surface area (Å²) in [5.41, 5.74) is 3.21. The summed E-state index contributed by atoms with van der Waals surface area (Å²) >= 11 is 9.78. The maximum Gasteiger partial charge on any atom is 0.186 e. The molecular weight excluding hydrogens is 412 g/mol. The average molecular weight is 431 g/mol. The van der Waals surface area contributed by atoms with Crippen LogP contribution in [0.1, 0.15) is 5.56 Å². The lowest BCUT2D eigenvalue weighted by molar-refractivity contribution is 0.419. The lowest BCUT2D eigenvalue weighted by Crippen LogP contribution is -2.46. The molecule has 0 N–H and O–H groups in total. The highest BCUT2D eigenvalue weighted by molar-refractivity contribution is 7.23. The van der Waals surface area contributed by atoms with E-state index in [1.807, 2.05) is 12.1 Å². The number of rotatable bonds is 3. The van der Waals surface area contributed by atoms with Gasteiger partial charge in [-0.05, 0) is 36.8 Å². The molecule has 4 aromatic rings. The number of hydrogen-bond donors (Lipinski definition) is 0. The number of hydrogen-bond acceptors (Lipinski definition) is 7. The van der Waals surface area contributed by atoms with Crippen molar-refractivity contribution >= 4 is 65.0 Å². The van der Waals surface area contributed by atoms with E-state index in [0.717, 1.165) is 62.9 Å². The number of piperazine rings is 1. The van der Waals surface area contributed by atoms with Gasteiger partial charge in [-0.1, -0.05) is 40.3 Å². The number of anilines is 2. The number of ether oxygens (including phenoxy) is 1. The fourth-order valence-electron chi connectivity index (χ4n) is 3.49. The number of aryl methyl sites for hydroxylation is 1. The Labute approximate surface area is 176 Å². The zero-order chi connectivity index (χ0) is 19.3. The van der Waals surface area contributed by atoms with Crippen molar-refractivity contribution < 1.29 is 4.74 Å². The Morgan fingerprint density at radius 1 is 0.964 bits per heavy atom. The second-order valence-corrected chi connectivity index (χ2v) is 9.26. The summed E-state index contributed by atoms with van der Waals surface area (Å²) in [7, 11) is 1.67. The number of fused-ring (bicyclic) bond motifs is 2. The second kappa shape index (κ2) is 7.06. The van der Waals surface area contributed by atoms with Gasteiger partial charge in [-0.15, -0.1) is 0 Å². The van der Waals surface area contributed by atoms with E-state index in [1.54, 1.807) is 29.8 Å². The first-order chi connectivity index (χ1) is 13.6. The van der Waals surface area contributed by atoms with Crippen molar-refractivity contribution in [1.82, 2.24) is 9.97 Å². The fourth-order valence-corrected chi connectivity index (χ4v) is 5.91. The van der Waals surface area contributed by atoms with Crippen LogP contribution in [0.4, 0.5) is 10.3 Å². The quantitative estimate of drug-likeness (QED) is 0.446. The number of halogens is 1. The molecule has 144 valence electrons. The van der Waals surface area contributed by atoms with Crippen LogP contribution >= 0.6 is 34.3 Å². The minimum Gasteiger partial charge on any atom is -0.494 e. The van der Waals surface area contributed by atoms with Crippen molar-refractivity contribution in [1.29, 1.82) is 0 Å². The summed E-state index contributed by atoms with van der Waals surface area (Å²) in [5, 5.41) is 2.83. The molecule has 0 bridgehead atoms. The number of methoxy groups -OCH3 is 1. The van der Waals surface area contributed by atoms with E-state index in [9.17, 15) is 0 Å². The van der Waals surface area contributed by atoms with Crippen LogP contribution in [0.3, 0.4) is 0 Å². The van der Waals surface area contributed by atoms with Crippen LogP contribution < -0.4 is 14.5 Å². The Morgan fingerprint density at radius 3 is 2.39 bits per heavy atom. The minimum atomic E-state index is 0.725. The average Bonchev–Trinajstić information content (AvgIpc) is 3.33. The molecule has 1 aliphatic heterocycles. The summed E-state index contributed by atoms with van der Waals surface area (Å²) in [6.45, 7) is 5.81. The van der Waals surface area contributed by atoms with Crippen LogP contribution in [-0.4, -0.2) is 43.3 Å². The van der Waals surface area contributed by atoms with Crippen molar-refractivity contribution in [3.8, 4) is 5.75 Å². The molecule has 3 heterocycles. The van der Waals surface area contributed by atoms with Crippen molar-refractivity contribution in [2.24, 2.45) is 0 Å². The molecular formula is C20H19ClN4OS2. The maximum atomic E-state index is 6.37. The topological polar surface area (TPSA) is 41.5 Å². The first-order valence-electron chi connectivity index (χ1n) is 9.12. The van der Waals surface area contributed by atoms with Gasteiger partial charge in [0, 0.05) is 26.2 Å². The minimum absolute atomic E-state index is 0.725. The van der Waals surface area contributed by atoms with Crippen LogP contribution in [-0.2, 0) is 0 Å². The van der Waals surface area contributed by atoms with Gasteiger partial charge in [-0.2, -0.15) is 0 Å². The molecule has 0 radical (unpaired) electrons. The smallest absolute Gasteiger partial charge is 0.186 e. The van der Waals surface area contributed by atoms with Gasteiger partial charge < -0.3 is 14.5 Å². The molecule has 5 rings (SSSR count). The molecule has 5 nitrogen and oxygen atoms in total. The molecule has 1 fully saturated rings. The maximum absolute atomic E-state index is 6.37. The van der Waals surface area contributed by atoms with E-state index in [0.29, 0.717) is 0 Å². The molecule has 0 spiro atoms. The van der Waals surface area contributed by atoms with Gasteiger partial charge in [0.05, 0.1) is 27.0 Å². The Kier molecular flexibility index (Phi) is 4.53. The monoisotopic (exact) mass is 430 g/mol. The SMILES string of the molecule is COc1ccc(Cl)c2sc(N3CCN(c4nc5ccc(C)cc5s4)CC3)nc12. The van der Waals surface area contributed by atoms with Gasteiger partial charge in [-0.3, -0.25) is 0 Å². The zero-order valence-corrected chi connectivity index (χ0v) is 18.0. The summed E-state index contributed by atoms with van der Waals surface area (Å²) in [6, 6.07) is 10.2. The zero-order valence-electron chi connectivity index (χ0n) is 15.6. The van der Waals surface area contributed by atoms with E-state index in [1.165, 1.54) is 10.3 Å². The molecule has 2 aromatic heterocycles. The molecule has 0 aliphatic carbocycles. The van der Waals surface area contributed by atoms with Crippen molar-refractivity contribution in [2.45, 2.75) is 6.92 Å². The van der Waals surface area contributed by atoms with E-state index < -0.39 is 0 Å². The first kappa shape index (κ1) is 18.0. The largest absolute Gasteiger partial charge is 0.494 e. The third-order valence-corrected chi connectivity index (χ3v) is 7.68. The number of nitrogens with zero attached hydrogens (tertiary/aromatic N) is 4. The predicted octanol–water partition coefficient (Wildman–Crippen LogP) is 5.20. The lowest BCUT2D eigenvalue weighted by atomic mass is 10.2. The molecule has 0 unspecified atom stereocenters. The van der Waals surface area contributed by atoms with Crippen molar-refractivity contribution in [3.63, 3.8) is 0 Å². The van der Waals surface area contributed by atoms with Crippen molar-refractivity contribution in [3.05, 3.63) is 40.9 Å². The summed E-state index contributed by atoms with van der Waals surface area (Å²) in [4.78, 5) is 14.3. The Bertz CT molecular complexity index is 1160. The van der Waals surface area contributed by atoms with E-state index in [-0.39, 0.29) is 0 Å². The van der Waals surface area contributed by atoms with Crippen LogP contribution in [0.25, 0.3) is 20.4 Å². The normalized spacial score (nSPS) is 15.0. The highest BCUT2D eigenvalue weighted by Crippen LogP contribution is 2.39. The molecule has 1 saturated heterocycles. The summed E-state index contributed by atoms with van der Waals surface area (Å²) < 4.78 is 7.69. The number of thiazole rings is 2. The van der Waals surface area contributed by atoms with Crippen molar-refractivity contribution in [2.75, 3.05) is 43.1 Å². The highest BCUT2D eigenvalue weighted by Gasteiger charge is 2.23. The van der Waals surface area contributed by atoms with Gasteiger partial charge in [-0.25, -0.2) is 9.97 Å². The molecule has 28 heavy (non-hydrogen) atoms. The first-order valence-corrected chi connectivity index (χ1v) is 11.1. The molecule has 2 aromatic carbocycles. The van der Waals surface area contributed by atoms with Gasteiger partial charge in [0.25, 0.3) is 0 Å². The fraction of sp³-hybridized carbons (Fsp3) is 0.300. The van der Waals surface area contributed by atoms with Gasteiger partial charge in [0.1, 0.15) is 11.3 Å². The van der Waals surface area contributed by atoms with Crippen LogP contribution in [0, 0.1) is 6.92 Å². The van der Waals surface area contributed by atoms with Gasteiger partial charge >= 0.3 is 0 Å². The van der Waals surface area contributed by atoms with E-state index in [4.69, 9.17) is 26.3 Å². The molecule has 1 aliphatic rings.